The van der Waals surface area contributed by atoms with Gasteiger partial charge in [-0.25, -0.2) is 0 Å². The highest BCUT2D eigenvalue weighted by atomic mass is 19.4. The standard InChI is InChI=1S/C14H20F3NO2/c1-10(2)18-11(9-19)7-8-20-13-6-4-3-5-12(13)14(15,16)17/h3-6,10-11,18-19H,7-9H2,1-2H3. The number of hydrogen-bond donors (Lipinski definition) is 2. The summed E-state index contributed by atoms with van der Waals surface area (Å²) in [5.74, 6) is -0.179. The number of halogens is 3. The highest BCUT2D eigenvalue weighted by Gasteiger charge is 2.33. The molecule has 0 radical (unpaired) electrons. The average molecular weight is 291 g/mol. The molecule has 1 aromatic rings. The Bertz CT molecular complexity index is 408. The lowest BCUT2D eigenvalue weighted by Gasteiger charge is -2.20. The molecule has 0 heterocycles. The maximum atomic E-state index is 12.7. The summed E-state index contributed by atoms with van der Waals surface area (Å²) in [5.41, 5.74) is -0.780. The second-order valence-corrected chi connectivity index (χ2v) is 4.83. The molecule has 0 aromatic heterocycles. The molecule has 0 amide bonds. The van der Waals surface area contributed by atoms with E-state index >= 15 is 0 Å². The number of alkyl halides is 3. The van der Waals surface area contributed by atoms with Crippen LogP contribution in [0.15, 0.2) is 24.3 Å². The van der Waals surface area contributed by atoms with E-state index in [0.717, 1.165) is 6.07 Å². The molecule has 0 aliphatic heterocycles. The molecule has 0 saturated carbocycles. The number of para-hydroxylation sites is 1. The first kappa shape index (κ1) is 16.8. The third kappa shape index (κ3) is 5.38. The Labute approximate surface area is 116 Å². The van der Waals surface area contributed by atoms with E-state index in [1.807, 2.05) is 13.8 Å². The van der Waals surface area contributed by atoms with E-state index in [1.54, 1.807) is 0 Å². The fourth-order valence-electron chi connectivity index (χ4n) is 1.84. The van der Waals surface area contributed by atoms with Gasteiger partial charge >= 0.3 is 6.18 Å². The number of hydrogen-bond acceptors (Lipinski definition) is 3. The normalized spacial score (nSPS) is 13.6. The quantitative estimate of drug-likeness (QED) is 0.811. The molecule has 2 N–H and O–H groups in total. The molecule has 0 aliphatic rings. The van der Waals surface area contributed by atoms with Crippen molar-refractivity contribution in [3.8, 4) is 5.75 Å². The lowest BCUT2D eigenvalue weighted by Crippen LogP contribution is -2.38. The van der Waals surface area contributed by atoms with E-state index in [0.29, 0.717) is 6.42 Å². The summed E-state index contributed by atoms with van der Waals surface area (Å²) in [4.78, 5) is 0. The molecule has 0 fully saturated rings. The molecule has 1 rings (SSSR count). The minimum Gasteiger partial charge on any atom is -0.493 e. The average Bonchev–Trinajstić information content (AvgIpc) is 2.36. The zero-order valence-electron chi connectivity index (χ0n) is 11.6. The van der Waals surface area contributed by atoms with Crippen molar-refractivity contribution in [1.82, 2.24) is 5.32 Å². The van der Waals surface area contributed by atoms with E-state index in [2.05, 4.69) is 5.32 Å². The van der Waals surface area contributed by atoms with E-state index in [1.165, 1.54) is 18.2 Å². The number of nitrogens with one attached hydrogen (secondary N) is 1. The Morgan fingerprint density at radius 2 is 1.90 bits per heavy atom. The molecule has 114 valence electrons. The smallest absolute Gasteiger partial charge is 0.419 e. The van der Waals surface area contributed by atoms with Gasteiger partial charge in [-0.3, -0.25) is 0 Å². The van der Waals surface area contributed by atoms with Crippen LogP contribution < -0.4 is 10.1 Å². The minimum absolute atomic E-state index is 0.0809. The molecule has 0 spiro atoms. The van der Waals surface area contributed by atoms with Crippen molar-refractivity contribution in [2.24, 2.45) is 0 Å². The molecule has 0 saturated heterocycles. The van der Waals surface area contributed by atoms with Crippen LogP contribution >= 0.6 is 0 Å². The summed E-state index contributed by atoms with van der Waals surface area (Å²) >= 11 is 0. The second kappa shape index (κ2) is 7.50. The summed E-state index contributed by atoms with van der Waals surface area (Å²) in [7, 11) is 0. The molecule has 20 heavy (non-hydrogen) atoms. The van der Waals surface area contributed by atoms with Crippen LogP contribution in [0.3, 0.4) is 0 Å². The molecule has 0 aliphatic carbocycles. The first-order valence-corrected chi connectivity index (χ1v) is 6.50. The number of aliphatic hydroxyl groups excluding tert-OH is 1. The number of benzene rings is 1. The van der Waals surface area contributed by atoms with Crippen molar-refractivity contribution in [1.29, 1.82) is 0 Å². The van der Waals surface area contributed by atoms with E-state index in [4.69, 9.17) is 9.84 Å². The van der Waals surface area contributed by atoms with Gasteiger partial charge in [0.15, 0.2) is 0 Å². The first-order valence-electron chi connectivity index (χ1n) is 6.50. The van der Waals surface area contributed by atoms with E-state index in [-0.39, 0.29) is 31.0 Å². The molecule has 0 bridgehead atoms. The maximum Gasteiger partial charge on any atom is 0.419 e. The predicted molar refractivity (Wildman–Crippen MR) is 70.7 cm³/mol. The Hall–Kier alpha value is -1.27. The summed E-state index contributed by atoms with van der Waals surface area (Å²) in [5, 5.41) is 12.3. The monoisotopic (exact) mass is 291 g/mol. The van der Waals surface area contributed by atoms with Crippen molar-refractivity contribution in [2.75, 3.05) is 13.2 Å². The van der Waals surface area contributed by atoms with Gasteiger partial charge < -0.3 is 15.2 Å². The van der Waals surface area contributed by atoms with Crippen LogP contribution in [0.25, 0.3) is 0 Å². The number of rotatable bonds is 7. The van der Waals surface area contributed by atoms with Gasteiger partial charge in [-0.05, 0) is 18.6 Å². The third-order valence-electron chi connectivity index (χ3n) is 2.71. The third-order valence-corrected chi connectivity index (χ3v) is 2.71. The topological polar surface area (TPSA) is 41.5 Å². The van der Waals surface area contributed by atoms with Gasteiger partial charge in [0.1, 0.15) is 5.75 Å². The van der Waals surface area contributed by atoms with Crippen LogP contribution in [0.4, 0.5) is 13.2 Å². The van der Waals surface area contributed by atoms with Crippen molar-refractivity contribution >= 4 is 0 Å². The van der Waals surface area contributed by atoms with Crippen molar-refractivity contribution in [2.45, 2.75) is 38.5 Å². The fourth-order valence-corrected chi connectivity index (χ4v) is 1.84. The molecule has 1 unspecified atom stereocenters. The Kier molecular flexibility index (Phi) is 6.29. The highest BCUT2D eigenvalue weighted by molar-refractivity contribution is 5.35. The van der Waals surface area contributed by atoms with Crippen LogP contribution in [-0.2, 0) is 6.18 Å². The molecule has 1 aromatic carbocycles. The number of aliphatic hydroxyl groups is 1. The van der Waals surface area contributed by atoms with Gasteiger partial charge in [-0.2, -0.15) is 13.2 Å². The van der Waals surface area contributed by atoms with Crippen LogP contribution in [0.5, 0.6) is 5.75 Å². The van der Waals surface area contributed by atoms with Gasteiger partial charge in [0.25, 0.3) is 0 Å². The minimum atomic E-state index is -4.43. The van der Waals surface area contributed by atoms with Crippen LogP contribution in [0, 0.1) is 0 Å². The SMILES string of the molecule is CC(C)NC(CO)CCOc1ccccc1C(F)(F)F. The van der Waals surface area contributed by atoms with Gasteiger partial charge in [-0.15, -0.1) is 0 Å². The van der Waals surface area contributed by atoms with Gasteiger partial charge in [-0.1, -0.05) is 26.0 Å². The van der Waals surface area contributed by atoms with Crippen LogP contribution in [0.1, 0.15) is 25.8 Å². The molecule has 1 atom stereocenters. The van der Waals surface area contributed by atoms with Gasteiger partial charge in [0.2, 0.25) is 0 Å². The highest BCUT2D eigenvalue weighted by Crippen LogP contribution is 2.35. The van der Waals surface area contributed by atoms with Crippen molar-refractivity contribution in [3.63, 3.8) is 0 Å². The number of ether oxygens (including phenoxy) is 1. The predicted octanol–water partition coefficient (Wildman–Crippen LogP) is 2.83. The van der Waals surface area contributed by atoms with Crippen LogP contribution in [-0.4, -0.2) is 30.4 Å². The fraction of sp³-hybridized carbons (Fsp3) is 0.571. The molecule has 6 heteroatoms. The Balaban J connectivity index is 2.58. The van der Waals surface area contributed by atoms with Crippen molar-refractivity contribution < 1.29 is 23.0 Å². The maximum absolute atomic E-state index is 12.7. The lowest BCUT2D eigenvalue weighted by atomic mass is 10.2. The zero-order chi connectivity index (χ0) is 15.2. The van der Waals surface area contributed by atoms with Crippen molar-refractivity contribution in [3.05, 3.63) is 29.8 Å². The zero-order valence-corrected chi connectivity index (χ0v) is 11.6. The largest absolute Gasteiger partial charge is 0.493 e. The Morgan fingerprint density at radius 1 is 1.25 bits per heavy atom. The molecular formula is C14H20F3NO2. The summed E-state index contributed by atoms with van der Waals surface area (Å²) < 4.78 is 43.4. The van der Waals surface area contributed by atoms with Gasteiger partial charge in [0, 0.05) is 12.1 Å². The Morgan fingerprint density at radius 3 is 2.45 bits per heavy atom. The molecule has 3 nitrogen and oxygen atoms in total. The first-order chi connectivity index (χ1) is 9.34. The molecular weight excluding hydrogens is 271 g/mol. The lowest BCUT2D eigenvalue weighted by molar-refractivity contribution is -0.139. The summed E-state index contributed by atoms with van der Waals surface area (Å²) in [6.07, 6.45) is -4.00. The van der Waals surface area contributed by atoms with Gasteiger partial charge in [0.05, 0.1) is 18.8 Å². The van der Waals surface area contributed by atoms with E-state index < -0.39 is 11.7 Å². The van der Waals surface area contributed by atoms with Crippen LogP contribution in [0.2, 0.25) is 0 Å². The summed E-state index contributed by atoms with van der Waals surface area (Å²) in [6, 6.07) is 5.12. The van der Waals surface area contributed by atoms with E-state index in [9.17, 15) is 13.2 Å². The second-order valence-electron chi connectivity index (χ2n) is 4.83. The summed E-state index contributed by atoms with van der Waals surface area (Å²) in [6.45, 7) is 3.89.